The maximum Gasteiger partial charge on any atom is 0.335 e. The van der Waals surface area contributed by atoms with Crippen LogP contribution in [0.2, 0.25) is 10.0 Å². The monoisotopic (exact) mass is 323 g/mol. The molecule has 2 aromatic carbocycles. The molecule has 1 aromatic heterocycles. The fourth-order valence-electron chi connectivity index (χ4n) is 1.86. The maximum absolute atomic E-state index is 11.0. The second kappa shape index (κ2) is 5.05. The van der Waals surface area contributed by atoms with Crippen LogP contribution in [0.15, 0.2) is 36.4 Å². The van der Waals surface area contributed by atoms with Crippen LogP contribution in [0.3, 0.4) is 0 Å². The van der Waals surface area contributed by atoms with Gasteiger partial charge in [0.25, 0.3) is 0 Å². The molecule has 0 spiro atoms. The van der Waals surface area contributed by atoms with E-state index in [2.05, 4.69) is 4.98 Å². The number of carboxylic acid groups (broad SMARTS) is 1. The Morgan fingerprint density at radius 3 is 2.45 bits per heavy atom. The zero-order valence-corrected chi connectivity index (χ0v) is 12.3. The van der Waals surface area contributed by atoms with Gasteiger partial charge in [-0.1, -0.05) is 23.2 Å². The van der Waals surface area contributed by atoms with Crippen molar-refractivity contribution in [3.05, 3.63) is 52.0 Å². The highest BCUT2D eigenvalue weighted by Crippen LogP contribution is 2.33. The SMILES string of the molecule is O=C(O)c1ccc2nc(-c3cc(Cl)cc(Cl)c3)sc2c1. The first-order valence-corrected chi connectivity index (χ1v) is 7.20. The van der Waals surface area contributed by atoms with Crippen molar-refractivity contribution in [2.75, 3.05) is 0 Å². The molecule has 0 radical (unpaired) electrons. The third-order valence-electron chi connectivity index (χ3n) is 2.74. The van der Waals surface area contributed by atoms with E-state index >= 15 is 0 Å². The van der Waals surface area contributed by atoms with Crippen molar-refractivity contribution in [2.45, 2.75) is 0 Å². The van der Waals surface area contributed by atoms with Crippen LogP contribution in [-0.2, 0) is 0 Å². The third-order valence-corrected chi connectivity index (χ3v) is 4.25. The van der Waals surface area contributed by atoms with E-state index in [1.165, 1.54) is 11.3 Å². The quantitative estimate of drug-likeness (QED) is 0.724. The Bertz CT molecular complexity index is 809. The number of benzene rings is 2. The van der Waals surface area contributed by atoms with Crippen molar-refractivity contribution in [3.63, 3.8) is 0 Å². The molecule has 3 aromatic rings. The summed E-state index contributed by atoms with van der Waals surface area (Å²) in [7, 11) is 0. The number of carbonyl (C=O) groups is 1. The number of aromatic carboxylic acids is 1. The fraction of sp³-hybridized carbons (Fsp3) is 0. The Kier molecular flexibility index (Phi) is 3.38. The molecule has 0 atom stereocenters. The molecule has 3 nitrogen and oxygen atoms in total. The molecule has 0 bridgehead atoms. The Morgan fingerprint density at radius 1 is 1.10 bits per heavy atom. The smallest absolute Gasteiger partial charge is 0.335 e. The van der Waals surface area contributed by atoms with Gasteiger partial charge < -0.3 is 5.11 Å². The fourth-order valence-corrected chi connectivity index (χ4v) is 3.38. The van der Waals surface area contributed by atoms with Crippen LogP contribution >= 0.6 is 34.5 Å². The van der Waals surface area contributed by atoms with E-state index in [0.717, 1.165) is 20.8 Å². The van der Waals surface area contributed by atoms with E-state index in [9.17, 15) is 4.79 Å². The van der Waals surface area contributed by atoms with Gasteiger partial charge in [-0.25, -0.2) is 9.78 Å². The van der Waals surface area contributed by atoms with Crippen LogP contribution in [0.4, 0.5) is 0 Å². The minimum Gasteiger partial charge on any atom is -0.478 e. The van der Waals surface area contributed by atoms with E-state index < -0.39 is 5.97 Å². The molecule has 0 fully saturated rings. The summed E-state index contributed by atoms with van der Waals surface area (Å²) in [5, 5.41) is 10.8. The Balaban J connectivity index is 2.15. The molecule has 6 heteroatoms. The van der Waals surface area contributed by atoms with Gasteiger partial charge in [0.15, 0.2) is 0 Å². The lowest BCUT2D eigenvalue weighted by molar-refractivity contribution is 0.0697. The molecule has 0 amide bonds. The van der Waals surface area contributed by atoms with Gasteiger partial charge in [-0.2, -0.15) is 0 Å². The average Bonchev–Trinajstić information content (AvgIpc) is 2.80. The van der Waals surface area contributed by atoms with Gasteiger partial charge >= 0.3 is 5.97 Å². The van der Waals surface area contributed by atoms with Crippen LogP contribution in [0.25, 0.3) is 20.8 Å². The maximum atomic E-state index is 11.0. The normalized spacial score (nSPS) is 10.9. The number of carboxylic acids is 1. The van der Waals surface area contributed by atoms with Crippen LogP contribution in [0.5, 0.6) is 0 Å². The van der Waals surface area contributed by atoms with Crippen molar-refractivity contribution in [1.29, 1.82) is 0 Å². The molecule has 0 aliphatic heterocycles. The highest BCUT2D eigenvalue weighted by molar-refractivity contribution is 7.21. The van der Waals surface area contributed by atoms with Gasteiger partial charge in [0.1, 0.15) is 5.01 Å². The molecule has 0 aliphatic carbocycles. The first kappa shape index (κ1) is 13.4. The van der Waals surface area contributed by atoms with Gasteiger partial charge in [0, 0.05) is 15.6 Å². The highest BCUT2D eigenvalue weighted by Gasteiger charge is 2.10. The van der Waals surface area contributed by atoms with Crippen LogP contribution in [0, 0.1) is 0 Å². The van der Waals surface area contributed by atoms with Gasteiger partial charge in [-0.15, -0.1) is 11.3 Å². The molecule has 1 heterocycles. The molecule has 0 aliphatic rings. The second-order valence-electron chi connectivity index (χ2n) is 4.16. The van der Waals surface area contributed by atoms with Crippen molar-refractivity contribution >= 4 is 50.7 Å². The minimum atomic E-state index is -0.951. The van der Waals surface area contributed by atoms with E-state index in [1.807, 2.05) is 0 Å². The zero-order valence-electron chi connectivity index (χ0n) is 9.93. The number of hydrogen-bond donors (Lipinski definition) is 1. The van der Waals surface area contributed by atoms with Gasteiger partial charge in [0.2, 0.25) is 0 Å². The van der Waals surface area contributed by atoms with E-state index in [-0.39, 0.29) is 5.56 Å². The molecule has 0 saturated carbocycles. The predicted octanol–water partition coefficient (Wildman–Crippen LogP) is 4.97. The first-order chi connectivity index (χ1) is 9.52. The highest BCUT2D eigenvalue weighted by atomic mass is 35.5. The number of thiazole rings is 1. The molecular formula is C14H7Cl2NO2S. The van der Waals surface area contributed by atoms with E-state index in [1.54, 1.807) is 36.4 Å². The summed E-state index contributed by atoms with van der Waals surface area (Å²) in [4.78, 5) is 15.4. The van der Waals surface area contributed by atoms with Gasteiger partial charge in [-0.05, 0) is 36.4 Å². The van der Waals surface area contributed by atoms with Gasteiger partial charge in [-0.3, -0.25) is 0 Å². The first-order valence-electron chi connectivity index (χ1n) is 5.63. The molecule has 0 saturated heterocycles. The molecular weight excluding hydrogens is 317 g/mol. The summed E-state index contributed by atoms with van der Waals surface area (Å²) >= 11 is 13.4. The van der Waals surface area contributed by atoms with Crippen molar-refractivity contribution in [3.8, 4) is 10.6 Å². The summed E-state index contributed by atoms with van der Waals surface area (Å²) in [5.74, 6) is -0.951. The second-order valence-corrected chi connectivity index (χ2v) is 6.07. The largest absolute Gasteiger partial charge is 0.478 e. The number of halogens is 2. The minimum absolute atomic E-state index is 0.247. The molecule has 0 unspecified atom stereocenters. The van der Waals surface area contributed by atoms with Crippen molar-refractivity contribution in [2.24, 2.45) is 0 Å². The number of nitrogens with zero attached hydrogens (tertiary/aromatic N) is 1. The van der Waals surface area contributed by atoms with Crippen molar-refractivity contribution < 1.29 is 9.90 Å². The number of hydrogen-bond acceptors (Lipinski definition) is 3. The summed E-state index contributed by atoms with van der Waals surface area (Å²) in [6.07, 6.45) is 0. The average molecular weight is 324 g/mol. The standard InChI is InChI=1S/C14H7Cl2NO2S/c15-9-3-8(4-10(16)6-9)13-17-11-2-1-7(14(18)19)5-12(11)20-13/h1-6H,(H,18,19). The topological polar surface area (TPSA) is 50.2 Å². The number of aromatic nitrogens is 1. The van der Waals surface area contributed by atoms with Crippen LogP contribution in [-0.4, -0.2) is 16.1 Å². The van der Waals surface area contributed by atoms with Gasteiger partial charge in [0.05, 0.1) is 15.8 Å². The van der Waals surface area contributed by atoms with Crippen molar-refractivity contribution in [1.82, 2.24) is 4.98 Å². The molecule has 20 heavy (non-hydrogen) atoms. The van der Waals surface area contributed by atoms with Crippen LogP contribution < -0.4 is 0 Å². The van der Waals surface area contributed by atoms with E-state index in [0.29, 0.717) is 10.0 Å². The van der Waals surface area contributed by atoms with Crippen LogP contribution in [0.1, 0.15) is 10.4 Å². The lowest BCUT2D eigenvalue weighted by atomic mass is 10.2. The molecule has 100 valence electrons. The molecule has 3 rings (SSSR count). The lowest BCUT2D eigenvalue weighted by Gasteiger charge is -1.98. The summed E-state index contributed by atoms with van der Waals surface area (Å²) < 4.78 is 0.816. The zero-order chi connectivity index (χ0) is 14.3. The number of fused-ring (bicyclic) bond motifs is 1. The predicted molar refractivity (Wildman–Crippen MR) is 82.0 cm³/mol. The third kappa shape index (κ3) is 2.50. The summed E-state index contributed by atoms with van der Waals surface area (Å²) in [5.41, 5.74) is 1.82. The lowest BCUT2D eigenvalue weighted by Crippen LogP contribution is -1.94. The number of rotatable bonds is 2. The summed E-state index contributed by atoms with van der Waals surface area (Å²) in [6.45, 7) is 0. The summed E-state index contributed by atoms with van der Waals surface area (Å²) in [6, 6.07) is 10.1. The Morgan fingerprint density at radius 2 is 1.80 bits per heavy atom. The Hall–Kier alpha value is -1.62. The van der Waals surface area contributed by atoms with E-state index in [4.69, 9.17) is 28.3 Å². The molecule has 1 N–H and O–H groups in total. The Labute approximate surface area is 128 Å².